The van der Waals surface area contributed by atoms with E-state index < -0.39 is 5.60 Å². The summed E-state index contributed by atoms with van der Waals surface area (Å²) in [5, 5.41) is 11.4. The first-order chi connectivity index (χ1) is 10.1. The molecule has 1 aromatic carbocycles. The van der Waals surface area contributed by atoms with Crippen molar-refractivity contribution in [3.8, 4) is 0 Å². The van der Waals surface area contributed by atoms with E-state index >= 15 is 0 Å². The first-order valence-electron chi connectivity index (χ1n) is 8.62. The summed E-state index contributed by atoms with van der Waals surface area (Å²) >= 11 is 0. The molecule has 0 spiro atoms. The molecule has 3 rings (SSSR count). The zero-order valence-electron chi connectivity index (χ0n) is 13.3. The molecule has 0 radical (unpaired) electrons. The smallest absolute Gasteiger partial charge is 0.0796 e. The van der Waals surface area contributed by atoms with Crippen LogP contribution >= 0.6 is 0 Å². The van der Waals surface area contributed by atoms with Crippen molar-refractivity contribution in [2.24, 2.45) is 17.1 Å². The Kier molecular flexibility index (Phi) is 4.11. The van der Waals surface area contributed by atoms with E-state index in [1.807, 2.05) is 0 Å². The molecule has 1 aromatic rings. The fourth-order valence-electron chi connectivity index (χ4n) is 4.76. The first kappa shape index (κ1) is 15.1. The molecule has 2 heteroatoms. The summed E-state index contributed by atoms with van der Waals surface area (Å²) in [4.78, 5) is 0. The number of hydrogen-bond donors (Lipinski definition) is 2. The highest BCUT2D eigenvalue weighted by atomic mass is 16.3. The molecular formula is C19H29NO. The maximum absolute atomic E-state index is 11.4. The summed E-state index contributed by atoms with van der Waals surface area (Å²) in [5.74, 6) is 0.849. The summed E-state index contributed by atoms with van der Waals surface area (Å²) in [6, 6.07) is 8.50. The Morgan fingerprint density at radius 3 is 2.19 bits per heavy atom. The molecule has 2 nitrogen and oxygen atoms in total. The fraction of sp³-hybridized carbons (Fsp3) is 0.684. The zero-order chi connectivity index (χ0) is 14.9. The van der Waals surface area contributed by atoms with Gasteiger partial charge in [0, 0.05) is 24.8 Å². The van der Waals surface area contributed by atoms with Gasteiger partial charge in [0.05, 0.1) is 5.60 Å². The van der Waals surface area contributed by atoms with E-state index in [0.29, 0.717) is 6.54 Å². The molecule has 3 N–H and O–H groups in total. The van der Waals surface area contributed by atoms with Crippen molar-refractivity contribution in [1.29, 1.82) is 0 Å². The van der Waals surface area contributed by atoms with Crippen LogP contribution in [0.15, 0.2) is 24.3 Å². The van der Waals surface area contributed by atoms with Crippen LogP contribution in [0, 0.1) is 11.3 Å². The SMILES string of the molecule is CCCC1CCC(CN)(C2(O)Cc3ccccc3C2)CC1. The minimum absolute atomic E-state index is 0.0732. The fourth-order valence-corrected chi connectivity index (χ4v) is 4.76. The van der Waals surface area contributed by atoms with Crippen LogP contribution in [0.25, 0.3) is 0 Å². The molecular weight excluding hydrogens is 258 g/mol. The molecule has 0 saturated heterocycles. The van der Waals surface area contributed by atoms with Crippen LogP contribution in [0.2, 0.25) is 0 Å². The molecule has 1 saturated carbocycles. The molecule has 0 amide bonds. The van der Waals surface area contributed by atoms with E-state index in [1.54, 1.807) is 0 Å². The standard InChI is InChI=1S/C19H29NO/c1-2-5-15-8-10-18(14-20,11-9-15)19(21)12-16-6-3-4-7-17(16)13-19/h3-4,6-7,15,21H,2,5,8-14,20H2,1H3. The van der Waals surface area contributed by atoms with Crippen molar-refractivity contribution in [1.82, 2.24) is 0 Å². The lowest BCUT2D eigenvalue weighted by molar-refractivity contribution is -0.0979. The van der Waals surface area contributed by atoms with Gasteiger partial charge in [0.25, 0.3) is 0 Å². The van der Waals surface area contributed by atoms with Gasteiger partial charge >= 0.3 is 0 Å². The Hall–Kier alpha value is -0.860. The van der Waals surface area contributed by atoms with E-state index in [-0.39, 0.29) is 5.41 Å². The van der Waals surface area contributed by atoms with Gasteiger partial charge in [-0.05, 0) is 42.7 Å². The summed E-state index contributed by atoms with van der Waals surface area (Å²) in [7, 11) is 0. The van der Waals surface area contributed by atoms with Crippen molar-refractivity contribution in [3.05, 3.63) is 35.4 Å². The molecule has 0 unspecified atom stereocenters. The molecule has 0 heterocycles. The maximum Gasteiger partial charge on any atom is 0.0796 e. The Morgan fingerprint density at radius 1 is 1.14 bits per heavy atom. The molecule has 2 aliphatic carbocycles. The lowest BCUT2D eigenvalue weighted by Gasteiger charge is -2.49. The minimum Gasteiger partial charge on any atom is -0.389 e. The van der Waals surface area contributed by atoms with Crippen molar-refractivity contribution in [2.45, 2.75) is 63.9 Å². The van der Waals surface area contributed by atoms with E-state index in [1.165, 1.54) is 36.8 Å². The molecule has 0 atom stereocenters. The van der Waals surface area contributed by atoms with Gasteiger partial charge in [-0.1, -0.05) is 44.0 Å². The van der Waals surface area contributed by atoms with Crippen LogP contribution in [0.3, 0.4) is 0 Å². The van der Waals surface area contributed by atoms with E-state index in [0.717, 1.165) is 31.6 Å². The third-order valence-corrected chi connectivity index (χ3v) is 6.22. The van der Waals surface area contributed by atoms with Gasteiger partial charge in [-0.15, -0.1) is 0 Å². The number of fused-ring (bicyclic) bond motifs is 1. The Bertz CT molecular complexity index is 463. The molecule has 0 aliphatic heterocycles. The number of hydrogen-bond acceptors (Lipinski definition) is 2. The second kappa shape index (κ2) is 5.73. The maximum atomic E-state index is 11.4. The van der Waals surface area contributed by atoms with Gasteiger partial charge in [0.2, 0.25) is 0 Å². The van der Waals surface area contributed by atoms with Crippen LogP contribution in [0.5, 0.6) is 0 Å². The number of nitrogens with two attached hydrogens (primary N) is 1. The van der Waals surface area contributed by atoms with Crippen LogP contribution in [-0.2, 0) is 12.8 Å². The Labute approximate surface area is 128 Å². The Balaban J connectivity index is 1.78. The third-order valence-electron chi connectivity index (χ3n) is 6.22. The number of rotatable bonds is 4. The molecule has 2 aliphatic rings. The van der Waals surface area contributed by atoms with Gasteiger partial charge in [0.15, 0.2) is 0 Å². The monoisotopic (exact) mass is 287 g/mol. The molecule has 1 fully saturated rings. The largest absolute Gasteiger partial charge is 0.389 e. The van der Waals surface area contributed by atoms with Gasteiger partial charge in [-0.25, -0.2) is 0 Å². The van der Waals surface area contributed by atoms with Crippen molar-refractivity contribution in [3.63, 3.8) is 0 Å². The topological polar surface area (TPSA) is 46.2 Å². The van der Waals surface area contributed by atoms with Crippen molar-refractivity contribution < 1.29 is 5.11 Å². The predicted molar refractivity (Wildman–Crippen MR) is 87.2 cm³/mol. The quantitative estimate of drug-likeness (QED) is 0.891. The highest BCUT2D eigenvalue weighted by Gasteiger charge is 2.53. The third kappa shape index (κ3) is 2.53. The second-order valence-electron chi connectivity index (χ2n) is 7.37. The lowest BCUT2D eigenvalue weighted by Crippen LogP contribution is -2.55. The Morgan fingerprint density at radius 2 is 1.71 bits per heavy atom. The molecule has 116 valence electrons. The summed E-state index contributed by atoms with van der Waals surface area (Å²) in [6.45, 7) is 2.89. The minimum atomic E-state index is -0.622. The predicted octanol–water partition coefficient (Wildman–Crippen LogP) is 3.45. The van der Waals surface area contributed by atoms with E-state index in [4.69, 9.17) is 5.73 Å². The van der Waals surface area contributed by atoms with Crippen LogP contribution < -0.4 is 5.73 Å². The number of benzene rings is 1. The second-order valence-corrected chi connectivity index (χ2v) is 7.37. The molecule has 0 aromatic heterocycles. The van der Waals surface area contributed by atoms with Crippen molar-refractivity contribution in [2.75, 3.05) is 6.54 Å². The van der Waals surface area contributed by atoms with Crippen LogP contribution in [-0.4, -0.2) is 17.3 Å². The highest BCUT2D eigenvalue weighted by molar-refractivity contribution is 5.36. The van der Waals surface area contributed by atoms with E-state index in [2.05, 4.69) is 31.2 Å². The molecule has 21 heavy (non-hydrogen) atoms. The van der Waals surface area contributed by atoms with Gasteiger partial charge in [-0.2, -0.15) is 0 Å². The van der Waals surface area contributed by atoms with E-state index in [9.17, 15) is 5.11 Å². The first-order valence-corrected chi connectivity index (χ1v) is 8.62. The van der Waals surface area contributed by atoms with Crippen LogP contribution in [0.1, 0.15) is 56.6 Å². The lowest BCUT2D eigenvalue weighted by atomic mass is 9.60. The van der Waals surface area contributed by atoms with Crippen molar-refractivity contribution >= 4 is 0 Å². The number of aliphatic hydroxyl groups is 1. The van der Waals surface area contributed by atoms with Crippen LogP contribution in [0.4, 0.5) is 0 Å². The highest BCUT2D eigenvalue weighted by Crippen LogP contribution is 2.51. The summed E-state index contributed by atoms with van der Waals surface area (Å²) < 4.78 is 0. The summed E-state index contributed by atoms with van der Waals surface area (Å²) in [6.07, 6.45) is 8.86. The average Bonchev–Trinajstić information content (AvgIpc) is 2.86. The average molecular weight is 287 g/mol. The normalized spacial score (nSPS) is 31.1. The van der Waals surface area contributed by atoms with Gasteiger partial charge in [-0.3, -0.25) is 0 Å². The van der Waals surface area contributed by atoms with Gasteiger partial charge < -0.3 is 10.8 Å². The zero-order valence-corrected chi connectivity index (χ0v) is 13.3. The molecule has 0 bridgehead atoms. The van der Waals surface area contributed by atoms with Gasteiger partial charge in [0.1, 0.15) is 0 Å². The summed E-state index contributed by atoms with van der Waals surface area (Å²) in [5.41, 5.74) is 8.15.